The molecule has 2 aliphatic rings. The Balaban J connectivity index is 1.46. The summed E-state index contributed by atoms with van der Waals surface area (Å²) in [6.07, 6.45) is 5.49. The quantitative estimate of drug-likeness (QED) is 0.855. The van der Waals surface area contributed by atoms with Crippen molar-refractivity contribution in [3.63, 3.8) is 0 Å². The maximum atomic E-state index is 3.66. The van der Waals surface area contributed by atoms with Crippen LogP contribution in [0.1, 0.15) is 25.7 Å². The molecule has 1 saturated carbocycles. The van der Waals surface area contributed by atoms with Crippen LogP contribution in [0, 0.1) is 5.92 Å². The summed E-state index contributed by atoms with van der Waals surface area (Å²) in [7, 11) is 0. The van der Waals surface area contributed by atoms with Crippen molar-refractivity contribution in [3.05, 3.63) is 30.3 Å². The van der Waals surface area contributed by atoms with E-state index < -0.39 is 0 Å². The molecular formula is C15H22N2. The normalized spacial score (nSPS) is 21.8. The van der Waals surface area contributed by atoms with Crippen molar-refractivity contribution in [2.24, 2.45) is 5.92 Å². The molecule has 0 atom stereocenters. The van der Waals surface area contributed by atoms with Gasteiger partial charge in [0.25, 0.3) is 0 Å². The second-order valence-corrected chi connectivity index (χ2v) is 5.45. The molecule has 1 saturated heterocycles. The molecule has 0 unspecified atom stereocenters. The third kappa shape index (κ3) is 3.01. The number of para-hydroxylation sites is 1. The first-order valence-corrected chi connectivity index (χ1v) is 6.95. The van der Waals surface area contributed by atoms with Gasteiger partial charge < -0.3 is 10.2 Å². The average Bonchev–Trinajstić information content (AvgIpc) is 3.22. The molecule has 1 aromatic carbocycles. The monoisotopic (exact) mass is 230 g/mol. The van der Waals surface area contributed by atoms with Crippen LogP contribution < -0.4 is 10.2 Å². The van der Waals surface area contributed by atoms with E-state index in [1.807, 2.05) is 0 Å². The third-order valence-electron chi connectivity index (χ3n) is 4.01. The lowest BCUT2D eigenvalue weighted by atomic mass is 9.96. The van der Waals surface area contributed by atoms with E-state index in [-0.39, 0.29) is 0 Å². The summed E-state index contributed by atoms with van der Waals surface area (Å²) in [5.74, 6) is 0.899. The van der Waals surface area contributed by atoms with Crippen molar-refractivity contribution < 1.29 is 0 Å². The van der Waals surface area contributed by atoms with Gasteiger partial charge in [0, 0.05) is 24.8 Å². The largest absolute Gasteiger partial charge is 0.372 e. The minimum Gasteiger partial charge on any atom is -0.372 e. The molecule has 1 aliphatic carbocycles. The number of hydrogen-bond donors (Lipinski definition) is 1. The maximum Gasteiger partial charge on any atom is 0.0366 e. The molecule has 2 fully saturated rings. The molecule has 2 heteroatoms. The van der Waals surface area contributed by atoms with Gasteiger partial charge in [-0.3, -0.25) is 0 Å². The summed E-state index contributed by atoms with van der Waals surface area (Å²) in [4.78, 5) is 2.52. The Labute approximate surface area is 104 Å². The lowest BCUT2D eigenvalue weighted by Crippen LogP contribution is -2.37. The Morgan fingerprint density at radius 2 is 1.71 bits per heavy atom. The van der Waals surface area contributed by atoms with E-state index in [0.29, 0.717) is 0 Å². The third-order valence-corrected chi connectivity index (χ3v) is 4.01. The first-order valence-electron chi connectivity index (χ1n) is 6.95. The van der Waals surface area contributed by atoms with Crippen molar-refractivity contribution in [1.29, 1.82) is 0 Å². The highest BCUT2D eigenvalue weighted by atomic mass is 15.1. The van der Waals surface area contributed by atoms with Crippen LogP contribution in [0.15, 0.2) is 30.3 Å². The molecule has 0 radical (unpaired) electrons. The molecule has 92 valence electrons. The van der Waals surface area contributed by atoms with E-state index in [4.69, 9.17) is 0 Å². The zero-order valence-corrected chi connectivity index (χ0v) is 10.4. The molecule has 0 spiro atoms. The van der Waals surface area contributed by atoms with Crippen molar-refractivity contribution in [1.82, 2.24) is 5.32 Å². The van der Waals surface area contributed by atoms with Gasteiger partial charge in [-0.2, -0.15) is 0 Å². The number of rotatable bonds is 4. The molecule has 0 aromatic heterocycles. The SMILES string of the molecule is c1ccc(N2CCC(CNC3CC3)CC2)cc1. The summed E-state index contributed by atoms with van der Waals surface area (Å²) in [5, 5.41) is 3.66. The second-order valence-electron chi connectivity index (χ2n) is 5.45. The minimum absolute atomic E-state index is 0.863. The second kappa shape index (κ2) is 5.09. The van der Waals surface area contributed by atoms with Crippen molar-refractivity contribution >= 4 is 5.69 Å². The van der Waals surface area contributed by atoms with Crippen molar-refractivity contribution in [3.8, 4) is 0 Å². The number of benzene rings is 1. The topological polar surface area (TPSA) is 15.3 Å². The fourth-order valence-corrected chi connectivity index (χ4v) is 2.65. The smallest absolute Gasteiger partial charge is 0.0366 e. The van der Waals surface area contributed by atoms with Gasteiger partial charge in [0.15, 0.2) is 0 Å². The molecule has 1 aromatic rings. The van der Waals surface area contributed by atoms with Gasteiger partial charge in [-0.15, -0.1) is 0 Å². The Bertz CT molecular complexity index is 337. The molecule has 1 heterocycles. The number of nitrogens with one attached hydrogen (secondary N) is 1. The van der Waals surface area contributed by atoms with Gasteiger partial charge >= 0.3 is 0 Å². The van der Waals surface area contributed by atoms with E-state index in [1.54, 1.807) is 0 Å². The van der Waals surface area contributed by atoms with E-state index in [1.165, 1.54) is 51.0 Å². The summed E-state index contributed by atoms with van der Waals surface area (Å²) in [6, 6.07) is 11.7. The average molecular weight is 230 g/mol. The van der Waals surface area contributed by atoms with E-state index >= 15 is 0 Å². The number of anilines is 1. The first kappa shape index (κ1) is 11.1. The fourth-order valence-electron chi connectivity index (χ4n) is 2.65. The Morgan fingerprint density at radius 3 is 2.35 bits per heavy atom. The van der Waals surface area contributed by atoms with Crippen LogP contribution >= 0.6 is 0 Å². The molecular weight excluding hydrogens is 208 g/mol. The van der Waals surface area contributed by atoms with Gasteiger partial charge in [-0.1, -0.05) is 18.2 Å². The Kier molecular flexibility index (Phi) is 3.32. The maximum absolute atomic E-state index is 3.66. The molecule has 17 heavy (non-hydrogen) atoms. The lowest BCUT2D eigenvalue weighted by molar-refractivity contribution is 0.382. The van der Waals surface area contributed by atoms with E-state index in [2.05, 4.69) is 40.5 Å². The van der Waals surface area contributed by atoms with Crippen LogP contribution in [0.25, 0.3) is 0 Å². The van der Waals surface area contributed by atoms with E-state index in [9.17, 15) is 0 Å². The van der Waals surface area contributed by atoms with Gasteiger partial charge in [-0.05, 0) is 50.3 Å². The summed E-state index contributed by atoms with van der Waals surface area (Å²) in [6.45, 7) is 3.69. The number of piperidine rings is 1. The Hall–Kier alpha value is -1.02. The van der Waals surface area contributed by atoms with Crippen molar-refractivity contribution in [2.75, 3.05) is 24.5 Å². The molecule has 0 amide bonds. The van der Waals surface area contributed by atoms with Crippen LogP contribution in [0.2, 0.25) is 0 Å². The molecule has 1 aliphatic heterocycles. The molecule has 3 rings (SSSR count). The standard InChI is InChI=1S/C15H22N2/c1-2-4-15(5-3-1)17-10-8-13(9-11-17)12-16-14-6-7-14/h1-5,13-14,16H,6-12H2. The summed E-state index contributed by atoms with van der Waals surface area (Å²) < 4.78 is 0. The molecule has 0 bridgehead atoms. The van der Waals surface area contributed by atoms with Gasteiger partial charge in [0.05, 0.1) is 0 Å². The predicted molar refractivity (Wildman–Crippen MR) is 72.4 cm³/mol. The summed E-state index contributed by atoms with van der Waals surface area (Å²) >= 11 is 0. The lowest BCUT2D eigenvalue weighted by Gasteiger charge is -2.33. The van der Waals surface area contributed by atoms with Crippen LogP contribution in [0.4, 0.5) is 5.69 Å². The molecule has 2 nitrogen and oxygen atoms in total. The van der Waals surface area contributed by atoms with Crippen molar-refractivity contribution in [2.45, 2.75) is 31.7 Å². The summed E-state index contributed by atoms with van der Waals surface area (Å²) in [5.41, 5.74) is 1.39. The van der Waals surface area contributed by atoms with Crippen LogP contribution in [0.3, 0.4) is 0 Å². The van der Waals surface area contributed by atoms with Gasteiger partial charge in [0.2, 0.25) is 0 Å². The molecule has 1 N–H and O–H groups in total. The number of hydrogen-bond acceptors (Lipinski definition) is 2. The highest BCUT2D eigenvalue weighted by molar-refractivity contribution is 5.46. The highest BCUT2D eigenvalue weighted by Crippen LogP contribution is 2.24. The highest BCUT2D eigenvalue weighted by Gasteiger charge is 2.24. The number of nitrogens with zero attached hydrogens (tertiary/aromatic N) is 1. The van der Waals surface area contributed by atoms with Crippen LogP contribution in [-0.4, -0.2) is 25.7 Å². The van der Waals surface area contributed by atoms with Gasteiger partial charge in [-0.25, -0.2) is 0 Å². The fraction of sp³-hybridized carbons (Fsp3) is 0.600. The minimum atomic E-state index is 0.863. The predicted octanol–water partition coefficient (Wildman–Crippen LogP) is 2.66. The van der Waals surface area contributed by atoms with E-state index in [0.717, 1.165) is 12.0 Å². The first-order chi connectivity index (χ1) is 8.42. The zero-order valence-electron chi connectivity index (χ0n) is 10.4. The zero-order chi connectivity index (χ0) is 11.5. The Morgan fingerprint density at radius 1 is 1.00 bits per heavy atom. The van der Waals surface area contributed by atoms with Gasteiger partial charge in [0.1, 0.15) is 0 Å². The van der Waals surface area contributed by atoms with Crippen LogP contribution in [0.5, 0.6) is 0 Å². The van der Waals surface area contributed by atoms with Crippen LogP contribution in [-0.2, 0) is 0 Å².